The molecule has 0 aromatic heterocycles. The molecular formula is C19H19F3N2O4S. The first-order valence-corrected chi connectivity index (χ1v) is 10.4. The van der Waals surface area contributed by atoms with E-state index in [4.69, 9.17) is 5.21 Å². The summed E-state index contributed by atoms with van der Waals surface area (Å²) in [5.74, 6) is -0.860. The zero-order valence-corrected chi connectivity index (χ0v) is 16.0. The predicted molar refractivity (Wildman–Crippen MR) is 99.2 cm³/mol. The van der Waals surface area contributed by atoms with Crippen LogP contribution in [0.3, 0.4) is 0 Å². The Morgan fingerprint density at radius 3 is 2.14 bits per heavy atom. The predicted octanol–water partition coefficient (Wildman–Crippen LogP) is 3.17. The SMILES string of the molecule is O=C(NO)[C@H]1CCCS(=O)(=O)N1Cc1ccc(-c2ccc(C(F)(F)F)cc2)cc1. The number of alkyl halides is 3. The molecule has 0 unspecified atom stereocenters. The van der Waals surface area contributed by atoms with E-state index < -0.39 is 33.7 Å². The van der Waals surface area contributed by atoms with Crippen LogP contribution in [0.1, 0.15) is 24.0 Å². The molecule has 2 aromatic rings. The Kier molecular flexibility index (Phi) is 5.97. The summed E-state index contributed by atoms with van der Waals surface area (Å²) in [6, 6.07) is 10.4. The van der Waals surface area contributed by atoms with Gasteiger partial charge in [-0.3, -0.25) is 10.0 Å². The van der Waals surface area contributed by atoms with Gasteiger partial charge in [0.2, 0.25) is 10.0 Å². The van der Waals surface area contributed by atoms with E-state index in [9.17, 15) is 26.4 Å². The normalized spacial score (nSPS) is 19.7. The third kappa shape index (κ3) is 4.77. The van der Waals surface area contributed by atoms with Gasteiger partial charge in [-0.25, -0.2) is 13.9 Å². The first kappa shape index (κ1) is 21.3. The minimum absolute atomic E-state index is 0.0479. The summed E-state index contributed by atoms with van der Waals surface area (Å²) in [4.78, 5) is 11.8. The van der Waals surface area contributed by atoms with Crippen molar-refractivity contribution in [3.63, 3.8) is 0 Å². The van der Waals surface area contributed by atoms with Crippen LogP contribution in [0.15, 0.2) is 48.5 Å². The van der Waals surface area contributed by atoms with E-state index in [1.165, 1.54) is 17.6 Å². The fourth-order valence-corrected chi connectivity index (χ4v) is 4.99. The Morgan fingerprint density at radius 1 is 1.07 bits per heavy atom. The average Bonchev–Trinajstić information content (AvgIpc) is 2.68. The van der Waals surface area contributed by atoms with Crippen LogP contribution in [0.5, 0.6) is 0 Å². The number of sulfonamides is 1. The van der Waals surface area contributed by atoms with E-state index in [0.717, 1.165) is 16.4 Å². The van der Waals surface area contributed by atoms with Crippen LogP contribution >= 0.6 is 0 Å². The number of nitrogens with one attached hydrogen (secondary N) is 1. The van der Waals surface area contributed by atoms with E-state index in [1.807, 2.05) is 0 Å². The molecule has 0 radical (unpaired) electrons. The van der Waals surface area contributed by atoms with Crippen molar-refractivity contribution in [1.82, 2.24) is 9.79 Å². The molecule has 1 aliphatic rings. The average molecular weight is 428 g/mol. The van der Waals surface area contributed by atoms with Crippen molar-refractivity contribution in [2.24, 2.45) is 0 Å². The summed E-state index contributed by atoms with van der Waals surface area (Å²) < 4.78 is 63.9. The Balaban J connectivity index is 1.80. The highest BCUT2D eigenvalue weighted by molar-refractivity contribution is 7.89. The van der Waals surface area contributed by atoms with E-state index in [2.05, 4.69) is 0 Å². The van der Waals surface area contributed by atoms with Crippen LogP contribution in [0.2, 0.25) is 0 Å². The number of benzene rings is 2. The number of nitrogens with zero attached hydrogens (tertiary/aromatic N) is 1. The monoisotopic (exact) mass is 428 g/mol. The molecule has 0 saturated carbocycles. The van der Waals surface area contributed by atoms with Gasteiger partial charge in [0.1, 0.15) is 6.04 Å². The van der Waals surface area contributed by atoms with E-state index >= 15 is 0 Å². The lowest BCUT2D eigenvalue weighted by Gasteiger charge is -2.33. The van der Waals surface area contributed by atoms with Crippen LogP contribution < -0.4 is 5.48 Å². The Hall–Kier alpha value is -2.43. The molecule has 1 aliphatic heterocycles. The number of hydrogen-bond donors (Lipinski definition) is 2. The minimum atomic E-state index is -4.40. The van der Waals surface area contributed by atoms with Gasteiger partial charge >= 0.3 is 6.18 Å². The lowest BCUT2D eigenvalue weighted by molar-refractivity contribution is -0.137. The van der Waals surface area contributed by atoms with E-state index in [-0.39, 0.29) is 12.3 Å². The van der Waals surface area contributed by atoms with Crippen LogP contribution in [-0.2, 0) is 27.5 Å². The van der Waals surface area contributed by atoms with Crippen molar-refractivity contribution >= 4 is 15.9 Å². The third-order valence-corrected chi connectivity index (χ3v) is 6.74. The Labute approximate surface area is 166 Å². The molecule has 1 amide bonds. The number of carbonyl (C=O) groups is 1. The molecule has 1 heterocycles. The second-order valence-corrected chi connectivity index (χ2v) is 8.81. The Bertz CT molecular complexity index is 974. The second kappa shape index (κ2) is 8.13. The first-order valence-electron chi connectivity index (χ1n) is 8.82. The molecule has 1 saturated heterocycles. The van der Waals surface area contributed by atoms with Crippen LogP contribution in [0.25, 0.3) is 11.1 Å². The molecule has 1 fully saturated rings. The summed E-state index contributed by atoms with van der Waals surface area (Å²) in [5.41, 5.74) is 2.65. The topological polar surface area (TPSA) is 86.7 Å². The highest BCUT2D eigenvalue weighted by atomic mass is 32.2. The molecule has 3 rings (SSSR count). The molecule has 29 heavy (non-hydrogen) atoms. The molecular weight excluding hydrogens is 409 g/mol. The summed E-state index contributed by atoms with van der Waals surface area (Å²) in [6.07, 6.45) is -3.78. The third-order valence-electron chi connectivity index (χ3n) is 4.84. The smallest absolute Gasteiger partial charge is 0.289 e. The molecule has 0 bridgehead atoms. The standard InChI is InChI=1S/C19H19F3N2O4S/c20-19(21,22)16-9-7-15(8-10-16)14-5-3-13(4-6-14)12-24-17(18(25)23-26)2-1-11-29(24,27)28/h3-10,17,26H,1-2,11-12H2,(H,23,25)/t17-/m1/s1. The number of rotatable bonds is 4. The summed E-state index contributed by atoms with van der Waals surface area (Å²) in [6.45, 7) is -0.0479. The first-order chi connectivity index (χ1) is 13.6. The highest BCUT2D eigenvalue weighted by Crippen LogP contribution is 2.31. The van der Waals surface area contributed by atoms with Crippen molar-refractivity contribution in [1.29, 1.82) is 0 Å². The van der Waals surface area contributed by atoms with Gasteiger partial charge in [0.15, 0.2) is 0 Å². The van der Waals surface area contributed by atoms with Gasteiger partial charge < -0.3 is 0 Å². The van der Waals surface area contributed by atoms with Crippen molar-refractivity contribution in [2.75, 3.05) is 5.75 Å². The van der Waals surface area contributed by atoms with Crippen LogP contribution in [0, 0.1) is 0 Å². The van der Waals surface area contributed by atoms with Gasteiger partial charge in [-0.05, 0) is 41.7 Å². The maximum Gasteiger partial charge on any atom is 0.416 e. The van der Waals surface area contributed by atoms with Gasteiger partial charge in [-0.2, -0.15) is 17.5 Å². The number of halogens is 3. The summed E-state index contributed by atoms with van der Waals surface area (Å²) >= 11 is 0. The van der Waals surface area contributed by atoms with E-state index in [1.54, 1.807) is 24.3 Å². The fourth-order valence-electron chi connectivity index (χ4n) is 3.29. The number of hydrogen-bond acceptors (Lipinski definition) is 4. The maximum absolute atomic E-state index is 12.7. The molecule has 0 aliphatic carbocycles. The molecule has 6 nitrogen and oxygen atoms in total. The lowest BCUT2D eigenvalue weighted by Crippen LogP contribution is -2.51. The molecule has 156 valence electrons. The highest BCUT2D eigenvalue weighted by Gasteiger charge is 2.38. The number of hydroxylamine groups is 1. The van der Waals surface area contributed by atoms with Crippen molar-refractivity contribution in [2.45, 2.75) is 31.6 Å². The zero-order valence-electron chi connectivity index (χ0n) is 15.2. The quantitative estimate of drug-likeness (QED) is 0.579. The fraction of sp³-hybridized carbons (Fsp3) is 0.316. The molecule has 0 spiro atoms. The van der Waals surface area contributed by atoms with Gasteiger partial charge in [0.25, 0.3) is 5.91 Å². The van der Waals surface area contributed by atoms with Gasteiger partial charge in [-0.1, -0.05) is 36.4 Å². The molecule has 2 N–H and O–H groups in total. The number of carbonyl (C=O) groups excluding carboxylic acids is 1. The van der Waals surface area contributed by atoms with Crippen LogP contribution in [-0.4, -0.2) is 35.6 Å². The molecule has 2 aromatic carbocycles. The van der Waals surface area contributed by atoms with Crippen LogP contribution in [0.4, 0.5) is 13.2 Å². The lowest BCUT2D eigenvalue weighted by atomic mass is 10.0. The van der Waals surface area contributed by atoms with E-state index in [0.29, 0.717) is 29.5 Å². The minimum Gasteiger partial charge on any atom is -0.289 e. The van der Waals surface area contributed by atoms with Crippen molar-refractivity contribution in [3.05, 3.63) is 59.7 Å². The summed E-state index contributed by atoms with van der Waals surface area (Å²) in [7, 11) is -3.65. The van der Waals surface area contributed by atoms with Gasteiger partial charge in [0.05, 0.1) is 11.3 Å². The molecule has 1 atom stereocenters. The zero-order chi connectivity index (χ0) is 21.2. The van der Waals surface area contributed by atoms with Crippen molar-refractivity contribution in [3.8, 4) is 11.1 Å². The summed E-state index contributed by atoms with van der Waals surface area (Å²) in [5, 5.41) is 8.88. The Morgan fingerprint density at radius 2 is 1.62 bits per heavy atom. The van der Waals surface area contributed by atoms with Gasteiger partial charge in [0, 0.05) is 6.54 Å². The largest absolute Gasteiger partial charge is 0.416 e. The number of amides is 1. The van der Waals surface area contributed by atoms with Gasteiger partial charge in [-0.15, -0.1) is 0 Å². The van der Waals surface area contributed by atoms with Crippen molar-refractivity contribution < 1.29 is 31.6 Å². The second-order valence-electron chi connectivity index (χ2n) is 6.77. The maximum atomic E-state index is 12.7. The molecule has 10 heteroatoms.